The Morgan fingerprint density at radius 1 is 1.28 bits per heavy atom. The smallest absolute Gasteiger partial charge is 0.316 e. The number of aromatic nitrogens is 2. The highest BCUT2D eigenvalue weighted by atomic mass is 16.5. The molecule has 1 N–H and O–H groups in total. The fraction of sp³-hybridized carbons (Fsp3) is 0.714. The molecule has 102 valence electrons. The maximum Gasteiger partial charge on any atom is 0.316 e. The van der Waals surface area contributed by atoms with Gasteiger partial charge in [0.05, 0.1) is 12.3 Å². The second-order valence-corrected chi connectivity index (χ2v) is 4.87. The standard InChI is InChI=1S/C14H25N3O/c1-5-6-7-8-18-14-16-12(4)9-13(17-14)10-15-11(2)3/h9,11,15H,5-8,10H2,1-4H3. The number of aryl methyl sites for hydroxylation is 1. The molecular weight excluding hydrogens is 226 g/mol. The van der Waals surface area contributed by atoms with Crippen LogP contribution in [0.15, 0.2) is 6.07 Å². The van der Waals surface area contributed by atoms with Crippen molar-refractivity contribution in [3.63, 3.8) is 0 Å². The van der Waals surface area contributed by atoms with Gasteiger partial charge in [-0.3, -0.25) is 0 Å². The topological polar surface area (TPSA) is 47.0 Å². The molecule has 0 saturated carbocycles. The van der Waals surface area contributed by atoms with Gasteiger partial charge >= 0.3 is 6.01 Å². The van der Waals surface area contributed by atoms with Gasteiger partial charge in [-0.05, 0) is 19.4 Å². The number of ether oxygens (including phenoxy) is 1. The summed E-state index contributed by atoms with van der Waals surface area (Å²) < 4.78 is 5.59. The van der Waals surface area contributed by atoms with E-state index in [2.05, 4.69) is 36.1 Å². The minimum atomic E-state index is 0.453. The van der Waals surface area contributed by atoms with Crippen LogP contribution >= 0.6 is 0 Å². The lowest BCUT2D eigenvalue weighted by Gasteiger charge is -2.10. The molecule has 0 unspecified atom stereocenters. The number of hydrogen-bond donors (Lipinski definition) is 1. The monoisotopic (exact) mass is 251 g/mol. The zero-order chi connectivity index (χ0) is 13.4. The van der Waals surface area contributed by atoms with E-state index >= 15 is 0 Å². The largest absolute Gasteiger partial charge is 0.463 e. The first-order valence-corrected chi connectivity index (χ1v) is 6.82. The average molecular weight is 251 g/mol. The van der Waals surface area contributed by atoms with Gasteiger partial charge in [-0.1, -0.05) is 33.6 Å². The van der Waals surface area contributed by atoms with Crippen LogP contribution in [0.5, 0.6) is 6.01 Å². The van der Waals surface area contributed by atoms with Gasteiger partial charge in [-0.2, -0.15) is 4.98 Å². The molecule has 0 spiro atoms. The van der Waals surface area contributed by atoms with Crippen LogP contribution in [0.3, 0.4) is 0 Å². The van der Waals surface area contributed by atoms with Crippen LogP contribution in [0.4, 0.5) is 0 Å². The molecule has 4 nitrogen and oxygen atoms in total. The third-order valence-corrected chi connectivity index (χ3v) is 2.56. The van der Waals surface area contributed by atoms with Crippen molar-refractivity contribution < 1.29 is 4.74 Å². The summed E-state index contributed by atoms with van der Waals surface area (Å²) in [6, 6.07) is 2.95. The van der Waals surface area contributed by atoms with Crippen LogP contribution in [0.1, 0.15) is 51.4 Å². The fourth-order valence-corrected chi connectivity index (χ4v) is 1.58. The van der Waals surface area contributed by atoms with Gasteiger partial charge in [0.2, 0.25) is 0 Å². The van der Waals surface area contributed by atoms with Crippen molar-refractivity contribution in [2.24, 2.45) is 0 Å². The molecule has 18 heavy (non-hydrogen) atoms. The van der Waals surface area contributed by atoms with Crippen LogP contribution in [0, 0.1) is 6.92 Å². The molecule has 0 aliphatic carbocycles. The molecule has 0 aromatic carbocycles. The zero-order valence-corrected chi connectivity index (χ0v) is 12.0. The molecule has 1 aromatic rings. The van der Waals surface area contributed by atoms with Gasteiger partial charge < -0.3 is 10.1 Å². The molecule has 0 aliphatic rings. The zero-order valence-electron chi connectivity index (χ0n) is 12.0. The highest BCUT2D eigenvalue weighted by Crippen LogP contribution is 2.08. The van der Waals surface area contributed by atoms with Gasteiger partial charge in [0.25, 0.3) is 0 Å². The first kappa shape index (κ1) is 14.9. The van der Waals surface area contributed by atoms with Crippen molar-refractivity contribution in [2.75, 3.05) is 6.61 Å². The van der Waals surface area contributed by atoms with Gasteiger partial charge in [0, 0.05) is 18.3 Å². The molecule has 0 bridgehead atoms. The van der Waals surface area contributed by atoms with E-state index in [0.29, 0.717) is 18.7 Å². The van der Waals surface area contributed by atoms with Crippen molar-refractivity contribution in [3.05, 3.63) is 17.5 Å². The molecule has 1 rings (SSSR count). The highest BCUT2D eigenvalue weighted by Gasteiger charge is 2.04. The minimum Gasteiger partial charge on any atom is -0.463 e. The Morgan fingerprint density at radius 3 is 2.72 bits per heavy atom. The van der Waals surface area contributed by atoms with Gasteiger partial charge in [0.15, 0.2) is 0 Å². The lowest BCUT2D eigenvalue weighted by Crippen LogP contribution is -2.22. The number of nitrogens with zero attached hydrogens (tertiary/aromatic N) is 2. The van der Waals surface area contributed by atoms with E-state index in [1.165, 1.54) is 12.8 Å². The summed E-state index contributed by atoms with van der Waals surface area (Å²) >= 11 is 0. The molecular formula is C14H25N3O. The van der Waals surface area contributed by atoms with Crippen molar-refractivity contribution in [1.82, 2.24) is 15.3 Å². The fourth-order valence-electron chi connectivity index (χ4n) is 1.58. The second kappa shape index (κ2) is 8.03. The van der Waals surface area contributed by atoms with Crippen molar-refractivity contribution in [1.29, 1.82) is 0 Å². The summed E-state index contributed by atoms with van der Waals surface area (Å²) in [5.41, 5.74) is 1.94. The Balaban J connectivity index is 2.51. The van der Waals surface area contributed by atoms with Crippen molar-refractivity contribution in [2.45, 2.75) is 59.5 Å². The highest BCUT2D eigenvalue weighted by molar-refractivity contribution is 5.12. The van der Waals surface area contributed by atoms with Crippen LogP contribution in [0.2, 0.25) is 0 Å². The number of nitrogens with one attached hydrogen (secondary N) is 1. The normalized spacial score (nSPS) is 10.9. The molecule has 1 aromatic heterocycles. The van der Waals surface area contributed by atoms with Crippen LogP contribution in [0.25, 0.3) is 0 Å². The quantitative estimate of drug-likeness (QED) is 0.722. The maximum absolute atomic E-state index is 5.59. The Hall–Kier alpha value is -1.16. The van der Waals surface area contributed by atoms with E-state index in [-0.39, 0.29) is 0 Å². The summed E-state index contributed by atoms with van der Waals surface area (Å²) in [6.45, 7) is 9.85. The first-order chi connectivity index (χ1) is 8.61. The lowest BCUT2D eigenvalue weighted by molar-refractivity contribution is 0.281. The molecule has 0 atom stereocenters. The van der Waals surface area contributed by atoms with Gasteiger partial charge in [-0.15, -0.1) is 0 Å². The average Bonchev–Trinajstić information content (AvgIpc) is 2.32. The second-order valence-electron chi connectivity index (χ2n) is 4.87. The van der Waals surface area contributed by atoms with E-state index in [1.54, 1.807) is 0 Å². The SMILES string of the molecule is CCCCCOc1nc(C)cc(CNC(C)C)n1. The molecule has 0 fully saturated rings. The Bertz CT molecular complexity index is 353. The number of unbranched alkanes of at least 4 members (excludes halogenated alkanes) is 2. The number of rotatable bonds is 8. The molecule has 0 saturated heterocycles. The third kappa shape index (κ3) is 5.96. The predicted molar refractivity (Wildman–Crippen MR) is 73.8 cm³/mol. The van der Waals surface area contributed by atoms with Gasteiger partial charge in [-0.25, -0.2) is 4.98 Å². The van der Waals surface area contributed by atoms with E-state index < -0.39 is 0 Å². The molecule has 0 radical (unpaired) electrons. The summed E-state index contributed by atoms with van der Waals surface area (Å²) in [6.07, 6.45) is 3.45. The third-order valence-electron chi connectivity index (χ3n) is 2.56. The van der Waals surface area contributed by atoms with Gasteiger partial charge in [0.1, 0.15) is 0 Å². The predicted octanol–water partition coefficient (Wildman–Crippen LogP) is 2.85. The molecule has 1 heterocycles. The van der Waals surface area contributed by atoms with E-state index in [4.69, 9.17) is 4.74 Å². The maximum atomic E-state index is 5.59. The minimum absolute atomic E-state index is 0.453. The number of hydrogen-bond acceptors (Lipinski definition) is 4. The van der Waals surface area contributed by atoms with Crippen LogP contribution in [-0.2, 0) is 6.54 Å². The van der Waals surface area contributed by atoms with Crippen molar-refractivity contribution in [3.8, 4) is 6.01 Å². The van der Waals surface area contributed by atoms with Crippen LogP contribution < -0.4 is 10.1 Å². The Labute approximate surface area is 110 Å². The summed E-state index contributed by atoms with van der Waals surface area (Å²) in [4.78, 5) is 8.70. The Morgan fingerprint density at radius 2 is 2.06 bits per heavy atom. The summed E-state index contributed by atoms with van der Waals surface area (Å²) in [7, 11) is 0. The first-order valence-electron chi connectivity index (χ1n) is 6.82. The molecule has 0 aliphatic heterocycles. The lowest BCUT2D eigenvalue weighted by atomic mass is 10.3. The van der Waals surface area contributed by atoms with E-state index in [1.807, 2.05) is 13.0 Å². The van der Waals surface area contributed by atoms with E-state index in [9.17, 15) is 0 Å². The Kier molecular flexibility index (Phi) is 6.65. The molecule has 0 amide bonds. The van der Waals surface area contributed by atoms with Crippen LogP contribution in [-0.4, -0.2) is 22.6 Å². The summed E-state index contributed by atoms with van der Waals surface area (Å²) in [5, 5.41) is 3.35. The summed E-state index contributed by atoms with van der Waals surface area (Å²) in [5.74, 6) is 0. The van der Waals surface area contributed by atoms with E-state index in [0.717, 1.165) is 24.4 Å². The molecule has 4 heteroatoms. The van der Waals surface area contributed by atoms with Crippen molar-refractivity contribution >= 4 is 0 Å².